The van der Waals surface area contributed by atoms with Crippen LogP contribution in [0.5, 0.6) is 0 Å². The van der Waals surface area contributed by atoms with Crippen molar-refractivity contribution in [2.24, 2.45) is 11.8 Å². The molecule has 0 radical (unpaired) electrons. The number of nitro benzene ring substituents is 1. The Morgan fingerprint density at radius 1 is 1.38 bits per heavy atom. The van der Waals surface area contributed by atoms with Crippen LogP contribution in [0, 0.1) is 16.0 Å². The highest BCUT2D eigenvalue weighted by molar-refractivity contribution is 7.89. The molecule has 0 atom stereocenters. The maximum atomic E-state index is 12.5. The Bertz CT molecular complexity index is 668. The third kappa shape index (κ3) is 3.31. The SMILES string of the molecule is CC(C)(NS(=O)(=O)c1cc([N+](=O)[O-])ccc1NN)C1CC1. The highest BCUT2D eigenvalue weighted by Crippen LogP contribution is 2.40. The molecule has 0 bridgehead atoms. The van der Waals surface area contributed by atoms with Gasteiger partial charge in [0.25, 0.3) is 5.69 Å². The van der Waals surface area contributed by atoms with Gasteiger partial charge in [-0.2, -0.15) is 0 Å². The zero-order chi connectivity index (χ0) is 15.8. The monoisotopic (exact) mass is 314 g/mol. The molecule has 4 N–H and O–H groups in total. The Labute approximate surface area is 122 Å². The third-order valence-electron chi connectivity index (χ3n) is 3.62. The van der Waals surface area contributed by atoms with E-state index in [1.54, 1.807) is 13.8 Å². The molecular formula is C12H18N4O4S. The van der Waals surface area contributed by atoms with Gasteiger partial charge in [0.15, 0.2) is 0 Å². The lowest BCUT2D eigenvalue weighted by Crippen LogP contribution is -2.45. The Balaban J connectivity index is 2.42. The highest BCUT2D eigenvalue weighted by Gasteiger charge is 2.41. The van der Waals surface area contributed by atoms with Crippen molar-refractivity contribution in [1.29, 1.82) is 0 Å². The Morgan fingerprint density at radius 2 is 2.00 bits per heavy atom. The quantitative estimate of drug-likeness (QED) is 0.413. The molecular weight excluding hydrogens is 296 g/mol. The van der Waals surface area contributed by atoms with E-state index in [0.29, 0.717) is 0 Å². The van der Waals surface area contributed by atoms with Crippen LogP contribution >= 0.6 is 0 Å². The molecule has 1 aromatic rings. The van der Waals surface area contributed by atoms with Gasteiger partial charge in [0.05, 0.1) is 10.6 Å². The highest BCUT2D eigenvalue weighted by atomic mass is 32.2. The third-order valence-corrected chi connectivity index (χ3v) is 5.33. The number of rotatable bonds is 6. The summed E-state index contributed by atoms with van der Waals surface area (Å²) in [4.78, 5) is 9.95. The second-order valence-electron chi connectivity index (χ2n) is 5.68. The fourth-order valence-corrected chi connectivity index (χ4v) is 3.92. The van der Waals surface area contributed by atoms with Crippen molar-refractivity contribution >= 4 is 21.4 Å². The van der Waals surface area contributed by atoms with Crippen LogP contribution in [0.25, 0.3) is 0 Å². The van der Waals surface area contributed by atoms with Gasteiger partial charge >= 0.3 is 0 Å². The van der Waals surface area contributed by atoms with Crippen molar-refractivity contribution in [1.82, 2.24) is 4.72 Å². The molecule has 21 heavy (non-hydrogen) atoms. The number of nitrogens with two attached hydrogens (primary N) is 1. The summed E-state index contributed by atoms with van der Waals surface area (Å²) >= 11 is 0. The summed E-state index contributed by atoms with van der Waals surface area (Å²) in [5, 5.41) is 10.8. The first-order valence-electron chi connectivity index (χ1n) is 6.46. The number of benzene rings is 1. The second-order valence-corrected chi connectivity index (χ2v) is 7.33. The molecule has 0 spiro atoms. The average Bonchev–Trinajstić information content (AvgIpc) is 3.21. The first kappa shape index (κ1) is 15.7. The molecule has 0 aromatic heterocycles. The van der Waals surface area contributed by atoms with E-state index in [2.05, 4.69) is 10.1 Å². The standard InChI is InChI=1S/C12H18N4O4S/c1-12(2,8-3-4-8)15-21(19,20)11-7-9(16(17)18)5-6-10(11)14-13/h5-8,14-15H,3-4,13H2,1-2H3. The van der Waals surface area contributed by atoms with Gasteiger partial charge in [-0.25, -0.2) is 13.1 Å². The average molecular weight is 314 g/mol. The van der Waals surface area contributed by atoms with Crippen molar-refractivity contribution in [2.45, 2.75) is 37.1 Å². The number of anilines is 1. The molecule has 0 saturated heterocycles. The van der Waals surface area contributed by atoms with Crippen molar-refractivity contribution in [2.75, 3.05) is 5.43 Å². The zero-order valence-electron chi connectivity index (χ0n) is 11.8. The topological polar surface area (TPSA) is 127 Å². The van der Waals surface area contributed by atoms with E-state index in [1.807, 2.05) is 0 Å². The summed E-state index contributed by atoms with van der Waals surface area (Å²) in [7, 11) is -3.92. The number of hydrazine groups is 1. The van der Waals surface area contributed by atoms with E-state index in [0.717, 1.165) is 18.9 Å². The maximum Gasteiger partial charge on any atom is 0.270 e. The van der Waals surface area contributed by atoms with Crippen molar-refractivity contribution in [3.63, 3.8) is 0 Å². The number of hydrogen-bond donors (Lipinski definition) is 3. The minimum Gasteiger partial charge on any atom is -0.323 e. The van der Waals surface area contributed by atoms with Crippen LogP contribution in [0.15, 0.2) is 23.1 Å². The number of nitro groups is 1. The van der Waals surface area contributed by atoms with Crippen LogP contribution in [-0.4, -0.2) is 18.9 Å². The molecule has 116 valence electrons. The normalized spacial score (nSPS) is 15.8. The summed E-state index contributed by atoms with van der Waals surface area (Å²) in [6, 6.07) is 3.47. The number of non-ortho nitro benzene ring substituents is 1. The van der Waals surface area contributed by atoms with Gasteiger partial charge in [0.1, 0.15) is 4.90 Å². The second kappa shape index (κ2) is 5.24. The Morgan fingerprint density at radius 3 is 2.48 bits per heavy atom. The lowest BCUT2D eigenvalue weighted by atomic mass is 10.0. The molecule has 1 aliphatic carbocycles. The number of nitrogens with one attached hydrogen (secondary N) is 2. The molecule has 0 heterocycles. The molecule has 8 nitrogen and oxygen atoms in total. The van der Waals surface area contributed by atoms with Gasteiger partial charge in [-0.1, -0.05) is 0 Å². The van der Waals surface area contributed by atoms with Crippen LogP contribution in [0.1, 0.15) is 26.7 Å². The molecule has 9 heteroatoms. The summed E-state index contributed by atoms with van der Waals surface area (Å²) in [5.41, 5.74) is 1.46. The largest absolute Gasteiger partial charge is 0.323 e. The predicted octanol–water partition coefficient (Wildman–Crippen LogP) is 1.35. The lowest BCUT2D eigenvalue weighted by Gasteiger charge is -2.26. The Hall–Kier alpha value is -1.71. The van der Waals surface area contributed by atoms with E-state index in [9.17, 15) is 18.5 Å². The number of nitrogens with zero attached hydrogens (tertiary/aromatic N) is 1. The van der Waals surface area contributed by atoms with Gasteiger partial charge in [0, 0.05) is 17.7 Å². The summed E-state index contributed by atoms with van der Waals surface area (Å²) in [5.74, 6) is 5.58. The van der Waals surface area contributed by atoms with E-state index < -0.39 is 20.5 Å². The van der Waals surface area contributed by atoms with Crippen LogP contribution in [-0.2, 0) is 10.0 Å². The van der Waals surface area contributed by atoms with E-state index in [1.165, 1.54) is 12.1 Å². The van der Waals surface area contributed by atoms with Gasteiger partial charge in [-0.05, 0) is 38.7 Å². The van der Waals surface area contributed by atoms with E-state index in [4.69, 9.17) is 5.84 Å². The van der Waals surface area contributed by atoms with Gasteiger partial charge < -0.3 is 5.43 Å². The number of sulfonamides is 1. The maximum absolute atomic E-state index is 12.5. The minimum atomic E-state index is -3.92. The minimum absolute atomic E-state index is 0.111. The van der Waals surface area contributed by atoms with Crippen molar-refractivity contribution in [3.8, 4) is 0 Å². The van der Waals surface area contributed by atoms with Crippen molar-refractivity contribution < 1.29 is 13.3 Å². The first-order chi connectivity index (χ1) is 9.67. The smallest absolute Gasteiger partial charge is 0.270 e. The lowest BCUT2D eigenvalue weighted by molar-refractivity contribution is -0.385. The summed E-state index contributed by atoms with van der Waals surface area (Å²) in [6.45, 7) is 3.60. The van der Waals surface area contributed by atoms with Crippen LogP contribution in [0.2, 0.25) is 0 Å². The van der Waals surface area contributed by atoms with E-state index in [-0.39, 0.29) is 22.2 Å². The summed E-state index contributed by atoms with van der Waals surface area (Å²) < 4.78 is 27.6. The van der Waals surface area contributed by atoms with Gasteiger partial charge in [-0.3, -0.25) is 16.0 Å². The molecule has 1 fully saturated rings. The van der Waals surface area contributed by atoms with E-state index >= 15 is 0 Å². The van der Waals surface area contributed by atoms with Crippen LogP contribution < -0.4 is 16.0 Å². The van der Waals surface area contributed by atoms with Crippen molar-refractivity contribution in [3.05, 3.63) is 28.3 Å². The van der Waals surface area contributed by atoms with Crippen LogP contribution in [0.4, 0.5) is 11.4 Å². The zero-order valence-corrected chi connectivity index (χ0v) is 12.6. The molecule has 0 unspecified atom stereocenters. The van der Waals surface area contributed by atoms with Gasteiger partial charge in [0.2, 0.25) is 10.0 Å². The molecule has 1 aliphatic rings. The fourth-order valence-electron chi connectivity index (χ4n) is 2.26. The number of nitrogen functional groups attached to an aromatic ring is 1. The molecule has 2 rings (SSSR count). The molecule has 1 aromatic carbocycles. The van der Waals surface area contributed by atoms with Crippen LogP contribution in [0.3, 0.4) is 0 Å². The van der Waals surface area contributed by atoms with Gasteiger partial charge in [-0.15, -0.1) is 0 Å². The molecule has 1 saturated carbocycles. The predicted molar refractivity (Wildman–Crippen MR) is 78.0 cm³/mol. The first-order valence-corrected chi connectivity index (χ1v) is 7.95. The molecule has 0 amide bonds. The Kier molecular flexibility index (Phi) is 3.91. The fraction of sp³-hybridized carbons (Fsp3) is 0.500. The summed E-state index contributed by atoms with van der Waals surface area (Å²) in [6.07, 6.45) is 1.93. The molecule has 0 aliphatic heterocycles. The number of hydrogen-bond acceptors (Lipinski definition) is 6.